The van der Waals surface area contributed by atoms with Crippen LogP contribution in [0.15, 0.2) is 48.2 Å². The van der Waals surface area contributed by atoms with Crippen molar-refractivity contribution in [3.05, 3.63) is 59.4 Å². The first-order valence-corrected chi connectivity index (χ1v) is 10.1. The molecular weight excluding hydrogens is 384 g/mol. The highest BCUT2D eigenvalue weighted by Gasteiger charge is 2.46. The Kier molecular flexibility index (Phi) is 6.72. The fourth-order valence-corrected chi connectivity index (χ4v) is 3.57. The van der Waals surface area contributed by atoms with Crippen LogP contribution in [0.1, 0.15) is 44.5 Å². The van der Waals surface area contributed by atoms with Gasteiger partial charge in [-0.1, -0.05) is 13.0 Å². The van der Waals surface area contributed by atoms with Crippen molar-refractivity contribution in [2.24, 2.45) is 0 Å². The Hall–Kier alpha value is -3.35. The summed E-state index contributed by atoms with van der Waals surface area (Å²) < 4.78 is 11.2. The van der Waals surface area contributed by atoms with Crippen molar-refractivity contribution in [1.29, 1.82) is 0 Å². The van der Waals surface area contributed by atoms with Crippen LogP contribution in [0.5, 0.6) is 11.5 Å². The highest BCUT2D eigenvalue weighted by molar-refractivity contribution is 6.46. The number of ether oxygens (including phenoxy) is 2. The van der Waals surface area contributed by atoms with Crippen LogP contribution >= 0.6 is 0 Å². The summed E-state index contributed by atoms with van der Waals surface area (Å²) in [6, 6.07) is 9.53. The van der Waals surface area contributed by atoms with Gasteiger partial charge < -0.3 is 19.5 Å². The number of ketones is 1. The molecule has 30 heavy (non-hydrogen) atoms. The van der Waals surface area contributed by atoms with Gasteiger partial charge in [-0.3, -0.25) is 14.6 Å². The van der Waals surface area contributed by atoms with Crippen molar-refractivity contribution in [1.82, 2.24) is 9.88 Å². The molecule has 1 saturated heterocycles. The predicted molar refractivity (Wildman–Crippen MR) is 112 cm³/mol. The first kappa shape index (κ1) is 21.4. The average molecular weight is 410 g/mol. The van der Waals surface area contributed by atoms with E-state index in [2.05, 4.69) is 4.98 Å². The first-order valence-electron chi connectivity index (χ1n) is 10.1. The minimum absolute atomic E-state index is 0.0114. The molecule has 0 saturated carbocycles. The van der Waals surface area contributed by atoms with E-state index in [-0.39, 0.29) is 11.3 Å². The number of hydrogen-bond donors (Lipinski definition) is 1. The van der Waals surface area contributed by atoms with E-state index in [0.717, 1.165) is 0 Å². The number of amides is 1. The third kappa shape index (κ3) is 4.01. The Morgan fingerprint density at radius 1 is 1.10 bits per heavy atom. The lowest BCUT2D eigenvalue weighted by Crippen LogP contribution is -2.30. The molecule has 1 aromatic carbocycles. The predicted octanol–water partition coefficient (Wildman–Crippen LogP) is 3.71. The van der Waals surface area contributed by atoms with E-state index in [1.807, 2.05) is 20.8 Å². The summed E-state index contributed by atoms with van der Waals surface area (Å²) >= 11 is 0. The lowest BCUT2D eigenvalue weighted by atomic mass is 9.97. The monoisotopic (exact) mass is 410 g/mol. The van der Waals surface area contributed by atoms with Crippen molar-refractivity contribution in [2.45, 2.75) is 33.2 Å². The van der Waals surface area contributed by atoms with Crippen LogP contribution in [-0.2, 0) is 9.59 Å². The van der Waals surface area contributed by atoms with Gasteiger partial charge in [-0.2, -0.15) is 0 Å². The Morgan fingerprint density at radius 3 is 2.50 bits per heavy atom. The number of aliphatic hydroxyl groups excluding tert-OH is 1. The average Bonchev–Trinajstić information content (AvgIpc) is 3.00. The quantitative estimate of drug-likeness (QED) is 0.405. The third-order valence-electron chi connectivity index (χ3n) is 4.79. The molecule has 7 heteroatoms. The number of hydrogen-bond acceptors (Lipinski definition) is 6. The van der Waals surface area contributed by atoms with E-state index in [1.165, 1.54) is 4.90 Å². The number of aromatic nitrogens is 1. The molecule has 1 aromatic heterocycles. The molecule has 7 nitrogen and oxygen atoms in total. The van der Waals surface area contributed by atoms with Gasteiger partial charge in [0.05, 0.1) is 30.0 Å². The van der Waals surface area contributed by atoms with Crippen LogP contribution < -0.4 is 9.47 Å². The molecule has 2 aromatic rings. The molecule has 3 rings (SSSR count). The van der Waals surface area contributed by atoms with Gasteiger partial charge in [-0.25, -0.2) is 0 Å². The molecular formula is C23H26N2O5. The van der Waals surface area contributed by atoms with Gasteiger partial charge in [0.15, 0.2) is 0 Å². The third-order valence-corrected chi connectivity index (χ3v) is 4.79. The van der Waals surface area contributed by atoms with E-state index >= 15 is 0 Å². The normalized spacial score (nSPS) is 18.0. The maximum atomic E-state index is 12.9. The second-order valence-electron chi connectivity index (χ2n) is 6.77. The first-order chi connectivity index (χ1) is 14.5. The molecule has 0 aliphatic carbocycles. The highest BCUT2D eigenvalue weighted by Crippen LogP contribution is 2.41. The molecule has 1 aliphatic heterocycles. The zero-order chi connectivity index (χ0) is 21.7. The zero-order valence-electron chi connectivity index (χ0n) is 17.4. The molecule has 1 fully saturated rings. The van der Waals surface area contributed by atoms with Gasteiger partial charge in [-0.15, -0.1) is 0 Å². The molecule has 0 radical (unpaired) electrons. The summed E-state index contributed by atoms with van der Waals surface area (Å²) in [5.41, 5.74) is 0.864. The standard InChI is InChI=1S/C23H26N2O5/c1-4-13-25-20(17-9-7-8-12-24-17)19(22(27)23(25)28)21(26)16-11-10-15(29-5-2)14-18(16)30-6-3/h7-12,14,20,26H,4-6,13H2,1-3H3/b21-19-. The lowest BCUT2D eigenvalue weighted by Gasteiger charge is -2.24. The van der Waals surface area contributed by atoms with E-state index < -0.39 is 17.7 Å². The molecule has 0 bridgehead atoms. The number of pyridine rings is 1. The minimum atomic E-state index is -0.757. The van der Waals surface area contributed by atoms with Gasteiger partial charge in [0.1, 0.15) is 23.3 Å². The van der Waals surface area contributed by atoms with Gasteiger partial charge in [-0.05, 0) is 44.5 Å². The molecule has 1 amide bonds. The van der Waals surface area contributed by atoms with Crippen LogP contribution in [-0.4, -0.2) is 46.4 Å². The van der Waals surface area contributed by atoms with E-state index in [4.69, 9.17) is 9.47 Å². The molecule has 1 aliphatic rings. The summed E-state index contributed by atoms with van der Waals surface area (Å²) in [6.07, 6.45) is 2.27. The largest absolute Gasteiger partial charge is 0.507 e. The maximum absolute atomic E-state index is 12.9. The van der Waals surface area contributed by atoms with E-state index in [0.29, 0.717) is 48.9 Å². The van der Waals surface area contributed by atoms with Crippen LogP contribution in [0.4, 0.5) is 0 Å². The number of likely N-dealkylation sites (tertiary alicyclic amines) is 1. The number of aliphatic hydroxyl groups is 1. The minimum Gasteiger partial charge on any atom is -0.507 e. The highest BCUT2D eigenvalue weighted by atomic mass is 16.5. The summed E-state index contributed by atoms with van der Waals surface area (Å²) in [6.45, 7) is 6.85. The van der Waals surface area contributed by atoms with Crippen LogP contribution in [0.2, 0.25) is 0 Å². The van der Waals surface area contributed by atoms with Crippen molar-refractivity contribution < 1.29 is 24.2 Å². The number of carbonyl (C=O) groups excluding carboxylic acids is 2. The molecule has 1 unspecified atom stereocenters. The van der Waals surface area contributed by atoms with Gasteiger partial charge in [0.2, 0.25) is 0 Å². The van der Waals surface area contributed by atoms with Crippen molar-refractivity contribution in [3.8, 4) is 11.5 Å². The summed E-state index contributed by atoms with van der Waals surface area (Å²) in [7, 11) is 0. The number of Topliss-reactive ketones (excluding diaryl/α,β-unsaturated/α-hetero) is 1. The molecule has 158 valence electrons. The van der Waals surface area contributed by atoms with E-state index in [9.17, 15) is 14.7 Å². The SMILES string of the molecule is CCCN1C(=O)C(=O)/C(=C(\O)c2ccc(OCC)cc2OCC)C1c1ccccn1. The van der Waals surface area contributed by atoms with Crippen LogP contribution in [0, 0.1) is 0 Å². The van der Waals surface area contributed by atoms with Crippen molar-refractivity contribution >= 4 is 17.4 Å². The van der Waals surface area contributed by atoms with Gasteiger partial charge in [0, 0.05) is 18.8 Å². The summed E-state index contributed by atoms with van der Waals surface area (Å²) in [5, 5.41) is 11.2. The van der Waals surface area contributed by atoms with E-state index in [1.54, 1.807) is 42.6 Å². The Balaban J connectivity index is 2.18. The van der Waals surface area contributed by atoms with Crippen LogP contribution in [0.3, 0.4) is 0 Å². The fourth-order valence-electron chi connectivity index (χ4n) is 3.57. The number of carbonyl (C=O) groups is 2. The van der Waals surface area contributed by atoms with Gasteiger partial charge >= 0.3 is 0 Å². The Bertz CT molecular complexity index is 955. The Labute approximate surface area is 175 Å². The number of nitrogens with zero attached hydrogens (tertiary/aromatic N) is 2. The maximum Gasteiger partial charge on any atom is 0.295 e. The van der Waals surface area contributed by atoms with Gasteiger partial charge in [0.25, 0.3) is 11.7 Å². The molecule has 0 spiro atoms. The van der Waals surface area contributed by atoms with Crippen molar-refractivity contribution in [2.75, 3.05) is 19.8 Å². The molecule has 1 atom stereocenters. The molecule has 2 heterocycles. The summed E-state index contributed by atoms with van der Waals surface area (Å²) in [4.78, 5) is 31.5. The summed E-state index contributed by atoms with van der Waals surface area (Å²) in [5.74, 6) is -0.687. The topological polar surface area (TPSA) is 89.0 Å². The number of rotatable bonds is 8. The second-order valence-corrected chi connectivity index (χ2v) is 6.77. The zero-order valence-corrected chi connectivity index (χ0v) is 17.4. The second kappa shape index (κ2) is 9.43. The fraction of sp³-hybridized carbons (Fsp3) is 0.348. The molecule has 1 N–H and O–H groups in total. The van der Waals surface area contributed by atoms with Crippen molar-refractivity contribution in [3.63, 3.8) is 0 Å². The number of benzene rings is 1. The Morgan fingerprint density at radius 2 is 1.87 bits per heavy atom. The lowest BCUT2D eigenvalue weighted by molar-refractivity contribution is -0.139. The van der Waals surface area contributed by atoms with Crippen LogP contribution in [0.25, 0.3) is 5.76 Å². The smallest absolute Gasteiger partial charge is 0.295 e.